The van der Waals surface area contributed by atoms with E-state index in [2.05, 4.69) is 5.32 Å². The Morgan fingerprint density at radius 2 is 1.74 bits per heavy atom. The third-order valence-electron chi connectivity index (χ3n) is 6.53. The average Bonchev–Trinajstić information content (AvgIpc) is 3.17. The van der Waals surface area contributed by atoms with Gasteiger partial charge in [-0.1, -0.05) is 48.0 Å². The fraction of sp³-hybridized carbons (Fsp3) is 0.185. The number of halogens is 1. The molecule has 0 unspecified atom stereocenters. The van der Waals surface area contributed by atoms with Crippen molar-refractivity contribution >= 4 is 40.0 Å². The first kappa shape index (κ1) is 22.0. The first-order chi connectivity index (χ1) is 16.4. The third-order valence-corrected chi connectivity index (χ3v) is 6.82. The number of aryl methyl sites for hydroxylation is 1. The number of carbonyl (C=O) groups is 2. The van der Waals surface area contributed by atoms with Crippen LogP contribution in [0, 0.1) is 0 Å². The second kappa shape index (κ2) is 8.54. The van der Waals surface area contributed by atoms with Gasteiger partial charge in [-0.15, -0.1) is 0 Å². The smallest absolute Gasteiger partial charge is 0.254 e. The van der Waals surface area contributed by atoms with Gasteiger partial charge in [0.15, 0.2) is 0 Å². The molecular weight excluding hydrogens is 450 g/mol. The van der Waals surface area contributed by atoms with Crippen molar-refractivity contribution in [1.82, 2.24) is 9.47 Å². The van der Waals surface area contributed by atoms with E-state index in [-0.39, 0.29) is 11.8 Å². The Morgan fingerprint density at radius 1 is 1.00 bits per heavy atom. The fourth-order valence-corrected chi connectivity index (χ4v) is 5.18. The molecule has 0 bridgehead atoms. The molecule has 1 aliphatic heterocycles. The zero-order valence-electron chi connectivity index (χ0n) is 19.1. The van der Waals surface area contributed by atoms with E-state index >= 15 is 0 Å². The van der Waals surface area contributed by atoms with Crippen LogP contribution in [0.2, 0.25) is 5.02 Å². The summed E-state index contributed by atoms with van der Waals surface area (Å²) in [4.78, 5) is 28.9. The average molecular weight is 474 g/mol. The molecule has 2 atom stereocenters. The summed E-state index contributed by atoms with van der Waals surface area (Å²) in [5.74, 6) is -0.414. The lowest BCUT2D eigenvalue weighted by Crippen LogP contribution is -2.44. The van der Waals surface area contributed by atoms with Crippen molar-refractivity contribution in [2.45, 2.75) is 12.0 Å². The molecule has 1 aliphatic rings. The lowest BCUT2D eigenvalue weighted by molar-refractivity contribution is -0.119. The normalized spacial score (nSPS) is 17.5. The van der Waals surface area contributed by atoms with Crippen LogP contribution in [0.3, 0.4) is 0 Å². The summed E-state index contributed by atoms with van der Waals surface area (Å²) in [5.41, 5.74) is 3.77. The van der Waals surface area contributed by atoms with Gasteiger partial charge in [0.25, 0.3) is 5.91 Å². The summed E-state index contributed by atoms with van der Waals surface area (Å²) in [6.07, 6.45) is 2.01. The molecule has 3 aromatic carbocycles. The Kier molecular flexibility index (Phi) is 5.54. The molecule has 0 saturated heterocycles. The number of benzene rings is 3. The van der Waals surface area contributed by atoms with Gasteiger partial charge in [0.05, 0.1) is 24.1 Å². The zero-order chi connectivity index (χ0) is 24.0. The minimum Gasteiger partial charge on any atom is -0.495 e. The number of aromatic nitrogens is 1. The molecule has 0 aliphatic carbocycles. The topological polar surface area (TPSA) is 63.6 Å². The highest BCUT2D eigenvalue weighted by Crippen LogP contribution is 2.45. The van der Waals surface area contributed by atoms with Gasteiger partial charge >= 0.3 is 0 Å². The van der Waals surface area contributed by atoms with Crippen LogP contribution in [-0.2, 0) is 11.8 Å². The van der Waals surface area contributed by atoms with Crippen LogP contribution in [0.5, 0.6) is 5.75 Å². The highest BCUT2D eigenvalue weighted by atomic mass is 35.5. The quantitative estimate of drug-likeness (QED) is 0.432. The fourth-order valence-electron chi connectivity index (χ4n) is 4.92. The maximum Gasteiger partial charge on any atom is 0.254 e. The second-order valence-corrected chi connectivity index (χ2v) is 8.88. The van der Waals surface area contributed by atoms with E-state index in [0.717, 1.165) is 16.5 Å². The molecule has 0 saturated carbocycles. The third kappa shape index (κ3) is 3.51. The zero-order valence-corrected chi connectivity index (χ0v) is 19.8. The van der Waals surface area contributed by atoms with E-state index < -0.39 is 12.0 Å². The summed E-state index contributed by atoms with van der Waals surface area (Å²) < 4.78 is 7.25. The van der Waals surface area contributed by atoms with E-state index in [9.17, 15) is 9.59 Å². The number of likely N-dealkylation sites (N-methyl/N-ethyl adjacent to an activating group) is 1. The molecular formula is C27H24ClN3O3. The minimum atomic E-state index is -0.620. The van der Waals surface area contributed by atoms with Crippen molar-refractivity contribution in [3.63, 3.8) is 0 Å². The van der Waals surface area contributed by atoms with Crippen LogP contribution < -0.4 is 10.1 Å². The number of hydrogen-bond donors (Lipinski definition) is 1. The van der Waals surface area contributed by atoms with Gasteiger partial charge < -0.3 is 19.5 Å². The van der Waals surface area contributed by atoms with Gasteiger partial charge in [-0.3, -0.25) is 9.59 Å². The lowest BCUT2D eigenvalue weighted by Gasteiger charge is -2.39. The molecule has 1 aromatic heterocycles. The van der Waals surface area contributed by atoms with Gasteiger partial charge in [0.2, 0.25) is 5.91 Å². The SMILES string of the molecule is COc1ccc(NC(=O)[C@H]2c3ccccc3C(=O)N(C)[C@H]2c2cn(C)c3ccccc23)cc1Cl. The van der Waals surface area contributed by atoms with Gasteiger partial charge in [0, 0.05) is 48.0 Å². The predicted octanol–water partition coefficient (Wildman–Crippen LogP) is 5.39. The largest absolute Gasteiger partial charge is 0.495 e. The maximum atomic E-state index is 13.8. The molecule has 0 radical (unpaired) electrons. The molecule has 6 nitrogen and oxygen atoms in total. The van der Waals surface area contributed by atoms with Crippen molar-refractivity contribution in [2.24, 2.45) is 7.05 Å². The Labute approximate surface area is 202 Å². The number of hydrogen-bond acceptors (Lipinski definition) is 3. The molecule has 2 heterocycles. The molecule has 172 valence electrons. The molecule has 1 N–H and O–H groups in total. The molecule has 2 amide bonds. The van der Waals surface area contributed by atoms with E-state index in [1.807, 2.05) is 60.3 Å². The van der Waals surface area contributed by atoms with Crippen molar-refractivity contribution in [2.75, 3.05) is 19.5 Å². The number of para-hydroxylation sites is 1. The Bertz CT molecular complexity index is 1430. The summed E-state index contributed by atoms with van der Waals surface area (Å²) in [7, 11) is 5.27. The number of nitrogens with zero attached hydrogens (tertiary/aromatic N) is 2. The van der Waals surface area contributed by atoms with Crippen molar-refractivity contribution in [3.8, 4) is 5.75 Å². The Balaban J connectivity index is 1.64. The van der Waals surface area contributed by atoms with Crippen molar-refractivity contribution in [3.05, 3.63) is 94.6 Å². The highest BCUT2D eigenvalue weighted by Gasteiger charge is 2.43. The van der Waals surface area contributed by atoms with E-state index in [4.69, 9.17) is 16.3 Å². The molecule has 0 fully saturated rings. The van der Waals surface area contributed by atoms with Crippen LogP contribution in [0.15, 0.2) is 72.9 Å². The molecule has 7 heteroatoms. The molecule has 34 heavy (non-hydrogen) atoms. The van der Waals surface area contributed by atoms with Gasteiger partial charge in [-0.2, -0.15) is 0 Å². The van der Waals surface area contributed by atoms with Crippen molar-refractivity contribution < 1.29 is 14.3 Å². The number of fused-ring (bicyclic) bond motifs is 2. The lowest BCUT2D eigenvalue weighted by atomic mass is 9.79. The second-order valence-electron chi connectivity index (χ2n) is 8.48. The van der Waals surface area contributed by atoms with Crippen LogP contribution >= 0.6 is 11.6 Å². The van der Waals surface area contributed by atoms with Gasteiger partial charge in [-0.05, 0) is 35.9 Å². The number of carbonyl (C=O) groups excluding carboxylic acids is 2. The minimum absolute atomic E-state index is 0.106. The number of anilines is 1. The first-order valence-corrected chi connectivity index (χ1v) is 11.3. The Morgan fingerprint density at radius 3 is 2.50 bits per heavy atom. The van der Waals surface area contributed by atoms with E-state index in [0.29, 0.717) is 27.6 Å². The van der Waals surface area contributed by atoms with Gasteiger partial charge in [-0.25, -0.2) is 0 Å². The van der Waals surface area contributed by atoms with Gasteiger partial charge in [0.1, 0.15) is 5.75 Å². The standard InChI is InChI=1S/C27H24ClN3O3/c1-30-15-20(17-8-6-7-11-22(17)30)25-24(18-9-4-5-10-19(18)27(33)31(25)2)26(32)29-16-12-13-23(34-3)21(28)14-16/h4-15,24-25H,1-3H3,(H,29,32)/t24-,25-/m0/s1. The summed E-state index contributed by atoms with van der Waals surface area (Å²) in [6, 6.07) is 20.0. The predicted molar refractivity (Wildman–Crippen MR) is 134 cm³/mol. The highest BCUT2D eigenvalue weighted by molar-refractivity contribution is 6.32. The molecule has 0 spiro atoms. The maximum absolute atomic E-state index is 13.8. The number of rotatable bonds is 4. The number of ether oxygens (including phenoxy) is 1. The van der Waals surface area contributed by atoms with E-state index in [1.165, 1.54) is 0 Å². The van der Waals surface area contributed by atoms with Crippen LogP contribution in [0.1, 0.15) is 33.4 Å². The summed E-state index contributed by atoms with van der Waals surface area (Å²) >= 11 is 6.28. The van der Waals surface area contributed by atoms with Crippen LogP contribution in [-0.4, -0.2) is 35.4 Å². The van der Waals surface area contributed by atoms with Crippen LogP contribution in [0.4, 0.5) is 5.69 Å². The van der Waals surface area contributed by atoms with Crippen molar-refractivity contribution in [1.29, 1.82) is 0 Å². The Hall–Kier alpha value is -3.77. The van der Waals surface area contributed by atoms with Crippen LogP contribution in [0.25, 0.3) is 10.9 Å². The number of amides is 2. The molecule has 5 rings (SSSR count). The number of methoxy groups -OCH3 is 1. The van der Waals surface area contributed by atoms with E-state index in [1.54, 1.807) is 43.3 Å². The summed E-state index contributed by atoms with van der Waals surface area (Å²) in [5, 5.41) is 4.43. The molecule has 4 aromatic rings. The number of nitrogens with one attached hydrogen (secondary N) is 1. The first-order valence-electron chi connectivity index (χ1n) is 10.9. The monoisotopic (exact) mass is 473 g/mol. The summed E-state index contributed by atoms with van der Waals surface area (Å²) in [6.45, 7) is 0.